The molecule has 3 rings (SSSR count). The van der Waals surface area contributed by atoms with Crippen molar-refractivity contribution in [2.24, 2.45) is 11.8 Å². The SMILES string of the molecule is CCS(=O)(=O)C1CCCC(C2CCC3C(C2)N(C(=O)OC(C)C)C[C@H](C)N3C(C)=O)C1. The van der Waals surface area contributed by atoms with E-state index in [1.165, 1.54) is 0 Å². The van der Waals surface area contributed by atoms with Crippen molar-refractivity contribution in [2.45, 2.75) is 109 Å². The van der Waals surface area contributed by atoms with Crippen LogP contribution in [0.4, 0.5) is 4.79 Å². The van der Waals surface area contributed by atoms with E-state index in [1.807, 2.05) is 30.6 Å². The van der Waals surface area contributed by atoms with Gasteiger partial charge in [-0.15, -0.1) is 0 Å². The zero-order valence-electron chi connectivity index (χ0n) is 19.7. The highest BCUT2D eigenvalue weighted by Crippen LogP contribution is 2.44. The lowest BCUT2D eigenvalue weighted by molar-refractivity contribution is -0.142. The van der Waals surface area contributed by atoms with E-state index in [9.17, 15) is 18.0 Å². The molecule has 2 amide bonds. The summed E-state index contributed by atoms with van der Waals surface area (Å²) in [4.78, 5) is 29.1. The number of carbonyl (C=O) groups is 2. The van der Waals surface area contributed by atoms with Crippen LogP contribution in [-0.4, -0.2) is 72.0 Å². The van der Waals surface area contributed by atoms with Gasteiger partial charge in [0, 0.05) is 25.3 Å². The molecule has 0 aromatic rings. The number of carbonyl (C=O) groups excluding carboxylic acids is 2. The molecule has 8 heteroatoms. The Morgan fingerprint density at radius 1 is 1.03 bits per heavy atom. The van der Waals surface area contributed by atoms with Crippen LogP contribution in [0.25, 0.3) is 0 Å². The van der Waals surface area contributed by atoms with Crippen LogP contribution in [0.5, 0.6) is 0 Å². The minimum absolute atomic E-state index is 0.0102. The predicted molar refractivity (Wildman–Crippen MR) is 120 cm³/mol. The van der Waals surface area contributed by atoms with E-state index >= 15 is 0 Å². The third-order valence-corrected chi connectivity index (χ3v) is 9.94. The fourth-order valence-electron chi connectivity index (χ4n) is 6.28. The molecular weight excluding hydrogens is 416 g/mol. The minimum atomic E-state index is -3.02. The van der Waals surface area contributed by atoms with E-state index in [2.05, 4.69) is 0 Å². The van der Waals surface area contributed by atoms with Crippen molar-refractivity contribution in [1.29, 1.82) is 0 Å². The highest BCUT2D eigenvalue weighted by molar-refractivity contribution is 7.92. The number of ether oxygens (including phenoxy) is 1. The van der Waals surface area contributed by atoms with Crippen LogP contribution in [-0.2, 0) is 19.4 Å². The molecule has 2 aliphatic carbocycles. The van der Waals surface area contributed by atoms with Gasteiger partial charge in [0.1, 0.15) is 0 Å². The lowest BCUT2D eigenvalue weighted by Crippen LogP contribution is -2.67. The minimum Gasteiger partial charge on any atom is -0.447 e. The number of piperazine rings is 1. The van der Waals surface area contributed by atoms with Crippen LogP contribution < -0.4 is 0 Å². The molecule has 7 nitrogen and oxygen atoms in total. The highest BCUT2D eigenvalue weighted by atomic mass is 32.2. The van der Waals surface area contributed by atoms with E-state index in [0.717, 1.165) is 44.9 Å². The molecule has 3 aliphatic rings. The average molecular weight is 457 g/mol. The first-order valence-corrected chi connectivity index (χ1v) is 13.7. The van der Waals surface area contributed by atoms with Crippen molar-refractivity contribution in [1.82, 2.24) is 9.80 Å². The van der Waals surface area contributed by atoms with Gasteiger partial charge in [-0.05, 0) is 64.7 Å². The summed E-state index contributed by atoms with van der Waals surface area (Å²) in [5.41, 5.74) is 0. The van der Waals surface area contributed by atoms with E-state index in [4.69, 9.17) is 4.74 Å². The summed E-state index contributed by atoms with van der Waals surface area (Å²) in [7, 11) is -3.02. The Bertz CT molecular complexity index is 768. The Kier molecular flexibility index (Phi) is 7.59. The average Bonchev–Trinajstić information content (AvgIpc) is 2.72. The Morgan fingerprint density at radius 3 is 2.32 bits per heavy atom. The quantitative estimate of drug-likeness (QED) is 0.645. The maximum Gasteiger partial charge on any atom is 0.410 e. The third kappa shape index (κ3) is 5.20. The Labute approximate surface area is 187 Å². The number of rotatable bonds is 4. The number of hydrogen-bond donors (Lipinski definition) is 0. The molecule has 0 aromatic carbocycles. The van der Waals surface area contributed by atoms with Gasteiger partial charge in [-0.3, -0.25) is 4.79 Å². The Balaban J connectivity index is 1.80. The summed E-state index contributed by atoms with van der Waals surface area (Å²) < 4.78 is 30.5. The van der Waals surface area contributed by atoms with E-state index < -0.39 is 9.84 Å². The Morgan fingerprint density at radius 2 is 1.71 bits per heavy atom. The summed E-state index contributed by atoms with van der Waals surface area (Å²) >= 11 is 0. The third-order valence-electron chi connectivity index (χ3n) is 7.69. The lowest BCUT2D eigenvalue weighted by Gasteiger charge is -2.54. The van der Waals surface area contributed by atoms with Crippen molar-refractivity contribution < 1.29 is 22.7 Å². The summed E-state index contributed by atoms with van der Waals surface area (Å²) in [6, 6.07) is -0.0898. The van der Waals surface area contributed by atoms with Gasteiger partial charge < -0.3 is 14.5 Å². The molecule has 3 fully saturated rings. The molecule has 0 aromatic heterocycles. The number of hydrogen-bond acceptors (Lipinski definition) is 5. The molecule has 0 bridgehead atoms. The topological polar surface area (TPSA) is 84.0 Å². The summed E-state index contributed by atoms with van der Waals surface area (Å²) in [5, 5.41) is -0.226. The normalized spacial score (nSPS) is 34.4. The largest absolute Gasteiger partial charge is 0.447 e. The molecule has 2 saturated carbocycles. The molecule has 0 N–H and O–H groups in total. The molecule has 5 unspecified atom stereocenters. The van der Waals surface area contributed by atoms with Crippen LogP contribution in [0.2, 0.25) is 0 Å². The van der Waals surface area contributed by atoms with Gasteiger partial charge in [0.05, 0.1) is 23.4 Å². The van der Waals surface area contributed by atoms with Crippen LogP contribution in [0.3, 0.4) is 0 Å². The number of fused-ring (bicyclic) bond motifs is 1. The lowest BCUT2D eigenvalue weighted by atomic mass is 9.69. The van der Waals surface area contributed by atoms with Crippen LogP contribution >= 0.6 is 0 Å². The fraction of sp³-hybridized carbons (Fsp3) is 0.913. The van der Waals surface area contributed by atoms with Gasteiger partial charge >= 0.3 is 6.09 Å². The van der Waals surface area contributed by atoms with Crippen molar-refractivity contribution >= 4 is 21.8 Å². The van der Waals surface area contributed by atoms with Crippen molar-refractivity contribution in [3.05, 3.63) is 0 Å². The van der Waals surface area contributed by atoms with Gasteiger partial charge in [0.25, 0.3) is 0 Å². The van der Waals surface area contributed by atoms with Gasteiger partial charge in [-0.25, -0.2) is 13.2 Å². The molecule has 0 spiro atoms. The van der Waals surface area contributed by atoms with Crippen LogP contribution in [0, 0.1) is 11.8 Å². The van der Waals surface area contributed by atoms with E-state index in [-0.39, 0.29) is 47.2 Å². The zero-order chi connectivity index (χ0) is 22.9. The maximum atomic E-state index is 12.9. The molecule has 0 radical (unpaired) electrons. The first-order chi connectivity index (χ1) is 14.5. The molecule has 31 heavy (non-hydrogen) atoms. The number of sulfone groups is 1. The molecule has 178 valence electrons. The second-order valence-electron chi connectivity index (χ2n) is 10.1. The first-order valence-electron chi connectivity index (χ1n) is 12.0. The van der Waals surface area contributed by atoms with Gasteiger partial charge in [0.15, 0.2) is 9.84 Å². The molecule has 1 saturated heterocycles. The number of nitrogens with zero attached hydrogens (tertiary/aromatic N) is 2. The summed E-state index contributed by atoms with van der Waals surface area (Å²) in [6.45, 7) is 9.54. The van der Waals surface area contributed by atoms with Crippen LogP contribution in [0.1, 0.15) is 79.6 Å². The van der Waals surface area contributed by atoms with Crippen molar-refractivity contribution in [3.63, 3.8) is 0 Å². The second kappa shape index (κ2) is 9.67. The molecule has 1 heterocycles. The van der Waals surface area contributed by atoms with E-state index in [1.54, 1.807) is 13.8 Å². The predicted octanol–water partition coefficient (Wildman–Crippen LogP) is 3.61. The summed E-state index contributed by atoms with van der Waals surface area (Å²) in [5.74, 6) is 1.02. The highest BCUT2D eigenvalue weighted by Gasteiger charge is 2.48. The molecule has 6 atom stereocenters. The number of amides is 2. The summed E-state index contributed by atoms with van der Waals surface area (Å²) in [6.07, 6.45) is 5.69. The molecular formula is C23H40N2O5S. The maximum absolute atomic E-state index is 12.9. The second-order valence-corrected chi connectivity index (χ2v) is 12.6. The van der Waals surface area contributed by atoms with Gasteiger partial charge in [-0.1, -0.05) is 19.8 Å². The van der Waals surface area contributed by atoms with Crippen molar-refractivity contribution in [2.75, 3.05) is 12.3 Å². The van der Waals surface area contributed by atoms with E-state index in [0.29, 0.717) is 18.4 Å². The molecule has 1 aliphatic heterocycles. The van der Waals surface area contributed by atoms with Crippen LogP contribution in [0.15, 0.2) is 0 Å². The van der Waals surface area contributed by atoms with Gasteiger partial charge in [0.2, 0.25) is 5.91 Å². The standard InChI is InChI=1S/C23H40N2O5S/c1-6-31(28,29)20-9-7-8-18(12-20)19-10-11-21-22(13-19)24(23(27)30-15(2)3)14-16(4)25(21)17(5)26/h15-16,18-22H,6-14H2,1-5H3/t16-,18?,19?,20?,21?,22?/m0/s1. The zero-order valence-corrected chi connectivity index (χ0v) is 20.6. The first kappa shape index (κ1) is 24.3. The monoisotopic (exact) mass is 456 g/mol. The smallest absolute Gasteiger partial charge is 0.410 e. The Hall–Kier alpha value is -1.31. The fourth-order valence-corrected chi connectivity index (χ4v) is 7.82. The van der Waals surface area contributed by atoms with Crippen molar-refractivity contribution in [3.8, 4) is 0 Å². The van der Waals surface area contributed by atoms with Gasteiger partial charge in [-0.2, -0.15) is 0 Å².